The van der Waals surface area contributed by atoms with Crippen molar-refractivity contribution in [3.63, 3.8) is 0 Å². The van der Waals surface area contributed by atoms with Crippen LogP contribution in [0, 0.1) is 0 Å². The molecule has 29 heavy (non-hydrogen) atoms. The van der Waals surface area contributed by atoms with Crippen molar-refractivity contribution in [3.8, 4) is 0 Å². The normalized spacial score (nSPS) is 14.4. The van der Waals surface area contributed by atoms with Crippen LogP contribution in [0.2, 0.25) is 0 Å². The molecule has 1 aliphatic rings. The highest BCUT2D eigenvalue weighted by Gasteiger charge is 2.23. The molecule has 0 aliphatic carbocycles. The van der Waals surface area contributed by atoms with E-state index in [-0.39, 0.29) is 22.9 Å². The van der Waals surface area contributed by atoms with Crippen LogP contribution in [0.5, 0.6) is 0 Å². The first-order valence-corrected chi connectivity index (χ1v) is 9.65. The summed E-state index contributed by atoms with van der Waals surface area (Å²) in [5.74, 6) is -0.524. The summed E-state index contributed by atoms with van der Waals surface area (Å²) in [5, 5.41) is 2.96. The van der Waals surface area contributed by atoms with Crippen LogP contribution >= 0.6 is 0 Å². The Labute approximate surface area is 170 Å². The summed E-state index contributed by atoms with van der Waals surface area (Å²) in [5.41, 5.74) is 2.26. The van der Waals surface area contributed by atoms with E-state index >= 15 is 0 Å². The molecule has 1 aromatic carbocycles. The van der Waals surface area contributed by atoms with Crippen LogP contribution in [0.4, 0.5) is 5.69 Å². The Balaban J connectivity index is 1.75. The zero-order valence-corrected chi connectivity index (χ0v) is 17.0. The Morgan fingerprint density at radius 2 is 1.76 bits per heavy atom. The van der Waals surface area contributed by atoms with Crippen molar-refractivity contribution in [1.82, 2.24) is 14.8 Å². The highest BCUT2D eigenvalue weighted by atomic mass is 16.2. The Morgan fingerprint density at radius 1 is 1.07 bits per heavy atom. The van der Waals surface area contributed by atoms with Crippen LogP contribution in [-0.4, -0.2) is 59.2 Å². The smallest absolute Gasteiger partial charge is 0.272 e. The predicted molar refractivity (Wildman–Crippen MR) is 111 cm³/mol. The maximum Gasteiger partial charge on any atom is 0.272 e. The molecule has 7 nitrogen and oxygen atoms in total. The maximum atomic E-state index is 12.8. The summed E-state index contributed by atoms with van der Waals surface area (Å²) in [6.07, 6.45) is 2.26. The van der Waals surface area contributed by atoms with Gasteiger partial charge in [-0.1, -0.05) is 39.0 Å². The molecule has 1 aromatic heterocycles. The van der Waals surface area contributed by atoms with Crippen molar-refractivity contribution in [2.75, 3.05) is 31.5 Å². The molecule has 152 valence electrons. The molecule has 2 heterocycles. The van der Waals surface area contributed by atoms with Crippen LogP contribution in [-0.2, 0) is 10.2 Å². The lowest BCUT2D eigenvalue weighted by Gasteiger charge is -2.32. The summed E-state index contributed by atoms with van der Waals surface area (Å²) in [6, 6.07) is 10.8. The molecule has 3 rings (SSSR count). The molecule has 0 spiro atoms. The molecule has 7 heteroatoms. The number of hydrogen-bond donors (Lipinski definition) is 1. The SMILES string of the molecule is CC(C)(C)c1ccccc1NC(=O)c1ccnc(C(=O)N2CCN(C=O)CC2)c1. The maximum absolute atomic E-state index is 12.8. The van der Waals surface area contributed by atoms with Crippen LogP contribution in [0.1, 0.15) is 47.2 Å². The van der Waals surface area contributed by atoms with Gasteiger partial charge < -0.3 is 15.1 Å². The van der Waals surface area contributed by atoms with Crippen molar-refractivity contribution in [3.05, 3.63) is 59.4 Å². The van der Waals surface area contributed by atoms with Gasteiger partial charge in [0, 0.05) is 43.6 Å². The number of para-hydroxylation sites is 1. The molecule has 1 saturated heterocycles. The number of carbonyl (C=O) groups is 3. The van der Waals surface area contributed by atoms with Crippen LogP contribution in [0.3, 0.4) is 0 Å². The summed E-state index contributed by atoms with van der Waals surface area (Å²) in [4.78, 5) is 43.8. The molecule has 0 atom stereocenters. The number of carbonyl (C=O) groups excluding carboxylic acids is 3. The largest absolute Gasteiger partial charge is 0.342 e. The minimum absolute atomic E-state index is 0.118. The standard InChI is InChI=1S/C22H26N4O3/c1-22(2,3)17-6-4-5-7-18(17)24-20(28)16-8-9-23-19(14-16)21(29)26-12-10-25(15-27)11-13-26/h4-9,14-15H,10-13H2,1-3H3,(H,24,28). The Bertz CT molecular complexity index is 912. The Hall–Kier alpha value is -3.22. The van der Waals surface area contributed by atoms with E-state index in [1.54, 1.807) is 15.9 Å². The number of hydrogen-bond acceptors (Lipinski definition) is 4. The zero-order valence-electron chi connectivity index (χ0n) is 17.0. The fraction of sp³-hybridized carbons (Fsp3) is 0.364. The quantitative estimate of drug-likeness (QED) is 0.808. The number of nitrogens with one attached hydrogen (secondary N) is 1. The number of benzene rings is 1. The summed E-state index contributed by atoms with van der Waals surface area (Å²) in [6.45, 7) is 8.17. The predicted octanol–water partition coefficient (Wildman–Crippen LogP) is 2.55. The minimum atomic E-state index is -0.288. The zero-order chi connectivity index (χ0) is 21.0. The molecular formula is C22H26N4O3. The molecule has 1 fully saturated rings. The van der Waals surface area contributed by atoms with E-state index in [0.717, 1.165) is 17.7 Å². The molecule has 3 amide bonds. The highest BCUT2D eigenvalue weighted by Crippen LogP contribution is 2.29. The summed E-state index contributed by atoms with van der Waals surface area (Å²) >= 11 is 0. The second-order valence-electron chi connectivity index (χ2n) is 8.11. The molecular weight excluding hydrogens is 368 g/mol. The van der Waals surface area contributed by atoms with Crippen molar-refractivity contribution in [2.24, 2.45) is 0 Å². The lowest BCUT2D eigenvalue weighted by atomic mass is 9.86. The molecule has 2 aromatic rings. The lowest BCUT2D eigenvalue weighted by molar-refractivity contribution is -0.119. The number of amides is 3. The van der Waals surface area contributed by atoms with Gasteiger partial charge in [0.25, 0.3) is 11.8 Å². The van der Waals surface area contributed by atoms with Crippen molar-refractivity contribution < 1.29 is 14.4 Å². The van der Waals surface area contributed by atoms with Crippen LogP contribution < -0.4 is 5.32 Å². The molecule has 1 N–H and O–H groups in total. The minimum Gasteiger partial charge on any atom is -0.342 e. The van der Waals surface area contributed by atoms with Crippen molar-refractivity contribution in [1.29, 1.82) is 0 Å². The average molecular weight is 394 g/mol. The van der Waals surface area contributed by atoms with Gasteiger partial charge in [-0.2, -0.15) is 0 Å². The molecule has 0 radical (unpaired) electrons. The fourth-order valence-electron chi connectivity index (χ4n) is 3.32. The van der Waals surface area contributed by atoms with E-state index in [4.69, 9.17) is 0 Å². The van der Waals surface area contributed by atoms with Crippen molar-refractivity contribution in [2.45, 2.75) is 26.2 Å². The average Bonchev–Trinajstić information content (AvgIpc) is 2.73. The van der Waals surface area contributed by atoms with Crippen LogP contribution in [0.25, 0.3) is 0 Å². The van der Waals surface area contributed by atoms with Gasteiger partial charge in [0.1, 0.15) is 5.69 Å². The second kappa shape index (κ2) is 8.43. The van der Waals surface area contributed by atoms with Gasteiger partial charge in [-0.25, -0.2) is 0 Å². The van der Waals surface area contributed by atoms with E-state index in [0.29, 0.717) is 31.7 Å². The number of piperazine rings is 1. The van der Waals surface area contributed by atoms with E-state index in [2.05, 4.69) is 31.1 Å². The lowest BCUT2D eigenvalue weighted by Crippen LogP contribution is -2.48. The first-order valence-electron chi connectivity index (χ1n) is 9.65. The Morgan fingerprint density at radius 3 is 2.41 bits per heavy atom. The van der Waals surface area contributed by atoms with E-state index in [1.165, 1.54) is 12.3 Å². The summed E-state index contributed by atoms with van der Waals surface area (Å²) in [7, 11) is 0. The molecule has 0 unspecified atom stereocenters. The fourth-order valence-corrected chi connectivity index (χ4v) is 3.32. The third-order valence-corrected chi connectivity index (χ3v) is 4.98. The van der Waals surface area contributed by atoms with Crippen LogP contribution in [0.15, 0.2) is 42.6 Å². The van der Waals surface area contributed by atoms with Gasteiger partial charge in [0.2, 0.25) is 6.41 Å². The third kappa shape index (κ3) is 4.80. The van der Waals surface area contributed by atoms with Gasteiger partial charge >= 0.3 is 0 Å². The first kappa shape index (κ1) is 20.5. The van der Waals surface area contributed by atoms with Gasteiger partial charge in [-0.05, 0) is 29.2 Å². The number of anilines is 1. The first-order chi connectivity index (χ1) is 13.8. The third-order valence-electron chi connectivity index (χ3n) is 4.98. The monoisotopic (exact) mass is 394 g/mol. The van der Waals surface area contributed by atoms with Crippen molar-refractivity contribution >= 4 is 23.9 Å². The topological polar surface area (TPSA) is 82.6 Å². The number of rotatable bonds is 4. The second-order valence-corrected chi connectivity index (χ2v) is 8.11. The van der Waals surface area contributed by atoms with Gasteiger partial charge in [-0.3, -0.25) is 19.4 Å². The van der Waals surface area contributed by atoms with Gasteiger partial charge in [0.05, 0.1) is 0 Å². The number of aromatic nitrogens is 1. The van der Waals surface area contributed by atoms with E-state index < -0.39 is 0 Å². The number of pyridine rings is 1. The van der Waals surface area contributed by atoms with E-state index in [1.807, 2.05) is 24.3 Å². The highest BCUT2D eigenvalue weighted by molar-refractivity contribution is 6.06. The Kier molecular flexibility index (Phi) is 5.96. The molecule has 0 bridgehead atoms. The summed E-state index contributed by atoms with van der Waals surface area (Å²) < 4.78 is 0. The molecule has 0 saturated carbocycles. The van der Waals surface area contributed by atoms with E-state index in [9.17, 15) is 14.4 Å². The molecule has 1 aliphatic heterocycles. The van der Waals surface area contributed by atoms with Gasteiger partial charge in [-0.15, -0.1) is 0 Å². The number of nitrogens with zero attached hydrogens (tertiary/aromatic N) is 3. The van der Waals surface area contributed by atoms with Gasteiger partial charge in [0.15, 0.2) is 0 Å².